The normalized spacial score (nSPS) is 31.1. The van der Waals surface area contributed by atoms with Gasteiger partial charge >= 0.3 is 0 Å². The van der Waals surface area contributed by atoms with E-state index in [-0.39, 0.29) is 0 Å². The molecule has 1 heterocycles. The van der Waals surface area contributed by atoms with Crippen LogP contribution in [0.25, 0.3) is 0 Å². The van der Waals surface area contributed by atoms with E-state index in [1.54, 1.807) is 0 Å². The predicted octanol–water partition coefficient (Wildman–Crippen LogP) is 2.25. The molecule has 2 unspecified atom stereocenters. The number of aliphatic hydroxyl groups is 1. The van der Waals surface area contributed by atoms with Gasteiger partial charge in [0, 0.05) is 19.1 Å². The number of hydrogen-bond donors (Lipinski definition) is 2. The van der Waals surface area contributed by atoms with Gasteiger partial charge in [-0.15, -0.1) is 0 Å². The summed E-state index contributed by atoms with van der Waals surface area (Å²) in [6, 6.07) is 0.406. The summed E-state index contributed by atoms with van der Waals surface area (Å²) >= 11 is 0. The van der Waals surface area contributed by atoms with E-state index in [1.165, 1.54) is 58.2 Å². The van der Waals surface area contributed by atoms with Crippen molar-refractivity contribution in [3.63, 3.8) is 0 Å². The Morgan fingerprint density at radius 2 is 2.05 bits per heavy atom. The topological polar surface area (TPSA) is 35.5 Å². The first-order valence-corrected chi connectivity index (χ1v) is 8.26. The number of nitrogens with zero attached hydrogens (tertiary/aromatic N) is 1. The molecule has 1 aliphatic carbocycles. The van der Waals surface area contributed by atoms with Crippen LogP contribution in [0.3, 0.4) is 0 Å². The molecule has 0 bridgehead atoms. The molecule has 0 aromatic heterocycles. The van der Waals surface area contributed by atoms with Crippen LogP contribution < -0.4 is 5.32 Å². The third-order valence-corrected chi connectivity index (χ3v) is 5.31. The number of aliphatic hydroxyl groups excluding tert-OH is 1. The Balaban J connectivity index is 1.92. The first-order chi connectivity index (χ1) is 9.21. The molecule has 1 saturated carbocycles. The van der Waals surface area contributed by atoms with E-state index in [0.717, 1.165) is 6.54 Å². The second-order valence-electron chi connectivity index (χ2n) is 6.87. The molecule has 1 aliphatic heterocycles. The molecule has 2 aliphatic rings. The Morgan fingerprint density at radius 3 is 2.68 bits per heavy atom. The van der Waals surface area contributed by atoms with Gasteiger partial charge in [-0.1, -0.05) is 26.7 Å². The standard InChI is InChI=1S/C16H32N2O/c1-3-9-17-12-16(7-4-5-8-16)13-18-10-6-14(2)15(18)11-19/h14-15,17,19H,3-13H2,1-2H3. The zero-order chi connectivity index (χ0) is 13.7. The highest BCUT2D eigenvalue weighted by Gasteiger charge is 2.39. The Hall–Kier alpha value is -0.120. The molecule has 0 aromatic carbocycles. The molecule has 2 rings (SSSR count). The number of nitrogens with one attached hydrogen (secondary N) is 1. The number of likely N-dealkylation sites (tertiary alicyclic amines) is 1. The Kier molecular flexibility index (Phi) is 5.67. The quantitative estimate of drug-likeness (QED) is 0.695. The Morgan fingerprint density at radius 1 is 1.32 bits per heavy atom. The van der Waals surface area contributed by atoms with Gasteiger partial charge in [-0.2, -0.15) is 0 Å². The van der Waals surface area contributed by atoms with E-state index < -0.39 is 0 Å². The Bertz CT molecular complexity index is 263. The van der Waals surface area contributed by atoms with Crippen LogP contribution in [0.5, 0.6) is 0 Å². The van der Waals surface area contributed by atoms with Gasteiger partial charge in [-0.25, -0.2) is 0 Å². The minimum atomic E-state index is 0.333. The summed E-state index contributed by atoms with van der Waals surface area (Å²) in [5, 5.41) is 13.3. The van der Waals surface area contributed by atoms with Crippen molar-refractivity contribution in [2.75, 3.05) is 32.8 Å². The van der Waals surface area contributed by atoms with Crippen LogP contribution in [0.2, 0.25) is 0 Å². The average Bonchev–Trinajstić information content (AvgIpc) is 2.98. The third kappa shape index (κ3) is 3.71. The van der Waals surface area contributed by atoms with Crippen LogP contribution in [0, 0.1) is 11.3 Å². The molecular weight excluding hydrogens is 236 g/mol. The van der Waals surface area contributed by atoms with Crippen molar-refractivity contribution >= 4 is 0 Å². The van der Waals surface area contributed by atoms with Gasteiger partial charge in [-0.05, 0) is 50.1 Å². The lowest BCUT2D eigenvalue weighted by Crippen LogP contribution is -2.46. The lowest BCUT2D eigenvalue weighted by Gasteiger charge is -2.37. The highest BCUT2D eigenvalue weighted by atomic mass is 16.3. The molecule has 112 valence electrons. The van der Waals surface area contributed by atoms with E-state index in [0.29, 0.717) is 24.0 Å². The van der Waals surface area contributed by atoms with Crippen LogP contribution >= 0.6 is 0 Å². The van der Waals surface area contributed by atoms with Crippen molar-refractivity contribution in [3.8, 4) is 0 Å². The van der Waals surface area contributed by atoms with Crippen LogP contribution in [-0.2, 0) is 0 Å². The largest absolute Gasteiger partial charge is 0.395 e. The fourth-order valence-corrected chi connectivity index (χ4v) is 4.06. The molecule has 1 saturated heterocycles. The monoisotopic (exact) mass is 268 g/mol. The zero-order valence-electron chi connectivity index (χ0n) is 12.8. The first kappa shape index (κ1) is 15.3. The molecule has 0 spiro atoms. The predicted molar refractivity (Wildman–Crippen MR) is 80.3 cm³/mol. The first-order valence-electron chi connectivity index (χ1n) is 8.26. The molecule has 2 fully saturated rings. The molecule has 0 radical (unpaired) electrons. The molecule has 2 atom stereocenters. The van der Waals surface area contributed by atoms with E-state index in [1.807, 2.05) is 0 Å². The van der Waals surface area contributed by atoms with E-state index in [2.05, 4.69) is 24.1 Å². The fourth-order valence-electron chi connectivity index (χ4n) is 4.06. The Labute approximate surface area is 118 Å². The molecule has 19 heavy (non-hydrogen) atoms. The van der Waals surface area contributed by atoms with Crippen molar-refractivity contribution in [3.05, 3.63) is 0 Å². The minimum Gasteiger partial charge on any atom is -0.395 e. The molecule has 3 heteroatoms. The van der Waals surface area contributed by atoms with Gasteiger partial charge in [0.1, 0.15) is 0 Å². The maximum Gasteiger partial charge on any atom is 0.0589 e. The lowest BCUT2D eigenvalue weighted by atomic mass is 9.85. The van der Waals surface area contributed by atoms with Crippen LogP contribution in [0.4, 0.5) is 0 Å². The van der Waals surface area contributed by atoms with Gasteiger partial charge in [0.05, 0.1) is 6.61 Å². The maximum atomic E-state index is 9.62. The van der Waals surface area contributed by atoms with Gasteiger partial charge in [-0.3, -0.25) is 4.90 Å². The highest BCUT2D eigenvalue weighted by Crippen LogP contribution is 2.40. The van der Waals surface area contributed by atoms with Crippen molar-refractivity contribution in [1.82, 2.24) is 10.2 Å². The minimum absolute atomic E-state index is 0.333. The summed E-state index contributed by atoms with van der Waals surface area (Å²) in [5.41, 5.74) is 0.479. The van der Waals surface area contributed by atoms with Gasteiger partial charge in [0.2, 0.25) is 0 Å². The van der Waals surface area contributed by atoms with Gasteiger partial charge < -0.3 is 10.4 Å². The van der Waals surface area contributed by atoms with Crippen molar-refractivity contribution < 1.29 is 5.11 Å². The second kappa shape index (κ2) is 7.05. The summed E-state index contributed by atoms with van der Waals surface area (Å²) in [6.45, 7) is 9.54. The fraction of sp³-hybridized carbons (Fsp3) is 1.00. The smallest absolute Gasteiger partial charge is 0.0589 e. The molecule has 0 aromatic rings. The zero-order valence-corrected chi connectivity index (χ0v) is 12.8. The van der Waals surface area contributed by atoms with Crippen LogP contribution in [-0.4, -0.2) is 48.8 Å². The lowest BCUT2D eigenvalue weighted by molar-refractivity contribution is 0.0901. The molecule has 0 amide bonds. The second-order valence-corrected chi connectivity index (χ2v) is 6.87. The summed E-state index contributed by atoms with van der Waals surface area (Å²) in [6.07, 6.45) is 7.99. The van der Waals surface area contributed by atoms with Gasteiger partial charge in [0.15, 0.2) is 0 Å². The third-order valence-electron chi connectivity index (χ3n) is 5.31. The summed E-state index contributed by atoms with van der Waals surface area (Å²) in [4.78, 5) is 2.57. The summed E-state index contributed by atoms with van der Waals surface area (Å²) in [5.74, 6) is 0.659. The van der Waals surface area contributed by atoms with E-state index in [9.17, 15) is 5.11 Å². The van der Waals surface area contributed by atoms with Gasteiger partial charge in [0.25, 0.3) is 0 Å². The number of rotatable bonds is 7. The van der Waals surface area contributed by atoms with Crippen molar-refractivity contribution in [2.45, 2.75) is 58.4 Å². The average molecular weight is 268 g/mol. The highest BCUT2D eigenvalue weighted by molar-refractivity contribution is 4.94. The van der Waals surface area contributed by atoms with Crippen LogP contribution in [0.15, 0.2) is 0 Å². The molecule has 3 nitrogen and oxygen atoms in total. The van der Waals surface area contributed by atoms with Crippen LogP contribution in [0.1, 0.15) is 52.4 Å². The van der Waals surface area contributed by atoms with Crippen molar-refractivity contribution in [2.24, 2.45) is 11.3 Å². The van der Waals surface area contributed by atoms with Crippen molar-refractivity contribution in [1.29, 1.82) is 0 Å². The maximum absolute atomic E-state index is 9.62. The summed E-state index contributed by atoms with van der Waals surface area (Å²) < 4.78 is 0. The SMILES string of the molecule is CCCNCC1(CN2CCC(C)C2CO)CCCC1. The molecule has 2 N–H and O–H groups in total. The number of hydrogen-bond acceptors (Lipinski definition) is 3. The summed E-state index contributed by atoms with van der Waals surface area (Å²) in [7, 11) is 0. The van der Waals surface area contributed by atoms with E-state index >= 15 is 0 Å². The molecular formula is C16H32N2O. The van der Waals surface area contributed by atoms with E-state index in [4.69, 9.17) is 0 Å².